The maximum atomic E-state index is 12.5. The zero-order chi connectivity index (χ0) is 13.3. The topological polar surface area (TPSA) is 72.6 Å². The number of rotatable bonds is 2. The van der Waals surface area contributed by atoms with Crippen molar-refractivity contribution in [2.75, 3.05) is 25.5 Å². The number of morpholine rings is 1. The van der Waals surface area contributed by atoms with E-state index in [1.165, 1.54) is 10.4 Å². The summed E-state index contributed by atoms with van der Waals surface area (Å²) in [5, 5.41) is 0. The van der Waals surface area contributed by atoms with Gasteiger partial charge in [-0.15, -0.1) is 0 Å². The van der Waals surface area contributed by atoms with Gasteiger partial charge in [0.25, 0.3) is 0 Å². The Labute approximate surface area is 108 Å². The molecule has 2 rings (SSSR count). The van der Waals surface area contributed by atoms with Crippen LogP contribution < -0.4 is 5.73 Å². The summed E-state index contributed by atoms with van der Waals surface area (Å²) in [6.07, 6.45) is 0. The fraction of sp³-hybridized carbons (Fsp3) is 0.500. The molecule has 0 bridgehead atoms. The molecule has 6 heteroatoms. The summed E-state index contributed by atoms with van der Waals surface area (Å²) in [6, 6.07) is 4.70. The third-order valence-electron chi connectivity index (χ3n) is 3.16. The first-order valence-corrected chi connectivity index (χ1v) is 7.32. The van der Waals surface area contributed by atoms with Gasteiger partial charge in [0, 0.05) is 18.3 Å². The second kappa shape index (κ2) is 4.87. The molecule has 100 valence electrons. The van der Waals surface area contributed by atoms with Gasteiger partial charge in [0.1, 0.15) is 0 Å². The van der Waals surface area contributed by atoms with Gasteiger partial charge in [0.15, 0.2) is 0 Å². The van der Waals surface area contributed by atoms with E-state index in [0.29, 0.717) is 25.4 Å². The van der Waals surface area contributed by atoms with Crippen LogP contribution in [0, 0.1) is 6.92 Å². The first-order valence-electron chi connectivity index (χ1n) is 5.88. The molecule has 0 amide bonds. The number of benzene rings is 1. The molecule has 1 aliphatic rings. The Morgan fingerprint density at radius 2 is 2.17 bits per heavy atom. The van der Waals surface area contributed by atoms with E-state index in [1.54, 1.807) is 12.1 Å². The monoisotopic (exact) mass is 270 g/mol. The van der Waals surface area contributed by atoms with Crippen molar-refractivity contribution < 1.29 is 13.2 Å². The highest BCUT2D eigenvalue weighted by molar-refractivity contribution is 7.89. The van der Waals surface area contributed by atoms with E-state index in [1.807, 2.05) is 13.8 Å². The lowest BCUT2D eigenvalue weighted by Crippen LogP contribution is -2.46. The van der Waals surface area contributed by atoms with Crippen LogP contribution in [0.25, 0.3) is 0 Å². The molecule has 5 nitrogen and oxygen atoms in total. The third kappa shape index (κ3) is 2.36. The molecule has 1 aromatic carbocycles. The predicted molar refractivity (Wildman–Crippen MR) is 69.8 cm³/mol. The van der Waals surface area contributed by atoms with Crippen molar-refractivity contribution in [2.45, 2.75) is 24.8 Å². The smallest absolute Gasteiger partial charge is 0.243 e. The van der Waals surface area contributed by atoms with Crippen molar-refractivity contribution in [1.29, 1.82) is 0 Å². The molecule has 18 heavy (non-hydrogen) atoms. The number of aryl methyl sites for hydroxylation is 1. The van der Waals surface area contributed by atoms with E-state index >= 15 is 0 Å². The van der Waals surface area contributed by atoms with Crippen LogP contribution in [0.15, 0.2) is 23.1 Å². The first kappa shape index (κ1) is 13.3. The number of hydrogen-bond acceptors (Lipinski definition) is 4. The van der Waals surface area contributed by atoms with E-state index in [4.69, 9.17) is 10.5 Å². The number of nitrogen functional groups attached to an aromatic ring is 1. The molecule has 1 atom stereocenters. The van der Waals surface area contributed by atoms with Gasteiger partial charge in [-0.3, -0.25) is 0 Å². The Hall–Kier alpha value is -1.11. The van der Waals surface area contributed by atoms with Crippen molar-refractivity contribution in [3.63, 3.8) is 0 Å². The van der Waals surface area contributed by atoms with E-state index in [0.717, 1.165) is 5.56 Å². The van der Waals surface area contributed by atoms with Crippen LogP contribution in [0.3, 0.4) is 0 Å². The molecule has 1 unspecified atom stereocenters. The van der Waals surface area contributed by atoms with Gasteiger partial charge in [-0.25, -0.2) is 8.42 Å². The maximum Gasteiger partial charge on any atom is 0.243 e. The summed E-state index contributed by atoms with van der Waals surface area (Å²) in [5.41, 5.74) is 7.15. The Balaban J connectivity index is 2.37. The van der Waals surface area contributed by atoms with Gasteiger partial charge in [-0.1, -0.05) is 6.07 Å². The lowest BCUT2D eigenvalue weighted by atomic mass is 10.2. The van der Waals surface area contributed by atoms with E-state index in [-0.39, 0.29) is 10.9 Å². The van der Waals surface area contributed by atoms with Gasteiger partial charge < -0.3 is 10.5 Å². The molecular formula is C12H18N2O3S. The van der Waals surface area contributed by atoms with Crippen LogP contribution in [-0.4, -0.2) is 38.5 Å². The highest BCUT2D eigenvalue weighted by Gasteiger charge is 2.31. The van der Waals surface area contributed by atoms with Crippen LogP contribution in [0.5, 0.6) is 0 Å². The Kier molecular flexibility index (Phi) is 3.61. The number of nitrogens with two attached hydrogens (primary N) is 1. The minimum absolute atomic E-state index is 0.147. The van der Waals surface area contributed by atoms with Gasteiger partial charge in [0.05, 0.1) is 18.1 Å². The molecule has 1 aliphatic heterocycles. The van der Waals surface area contributed by atoms with Gasteiger partial charge >= 0.3 is 0 Å². The molecule has 0 aliphatic carbocycles. The van der Waals surface area contributed by atoms with Crippen LogP contribution in [-0.2, 0) is 14.8 Å². The summed E-state index contributed by atoms with van der Waals surface area (Å²) in [4.78, 5) is 0.249. The summed E-state index contributed by atoms with van der Waals surface area (Å²) >= 11 is 0. The SMILES string of the molecule is Cc1ccc(S(=O)(=O)N2CCOCC2C)cc1N. The van der Waals surface area contributed by atoms with Crippen molar-refractivity contribution in [2.24, 2.45) is 0 Å². The number of anilines is 1. The minimum Gasteiger partial charge on any atom is -0.398 e. The standard InChI is InChI=1S/C12H18N2O3S/c1-9-3-4-11(7-12(9)13)18(15,16)14-5-6-17-8-10(14)2/h3-4,7,10H,5-6,8,13H2,1-2H3. The van der Waals surface area contributed by atoms with Crippen molar-refractivity contribution in [3.8, 4) is 0 Å². The predicted octanol–water partition coefficient (Wildman–Crippen LogP) is 0.987. The van der Waals surface area contributed by atoms with Crippen molar-refractivity contribution >= 4 is 15.7 Å². The summed E-state index contributed by atoms with van der Waals surface area (Å²) < 4.78 is 31.7. The Morgan fingerprint density at radius 3 is 2.78 bits per heavy atom. The molecular weight excluding hydrogens is 252 g/mol. The lowest BCUT2D eigenvalue weighted by molar-refractivity contribution is 0.0393. The van der Waals surface area contributed by atoms with E-state index in [2.05, 4.69) is 0 Å². The average Bonchev–Trinajstić information content (AvgIpc) is 2.33. The van der Waals surface area contributed by atoms with Crippen LogP contribution in [0.2, 0.25) is 0 Å². The molecule has 1 aromatic rings. The highest BCUT2D eigenvalue weighted by atomic mass is 32.2. The largest absolute Gasteiger partial charge is 0.398 e. The third-order valence-corrected chi connectivity index (χ3v) is 5.17. The van der Waals surface area contributed by atoms with Crippen LogP contribution in [0.1, 0.15) is 12.5 Å². The molecule has 1 heterocycles. The number of nitrogens with zero attached hydrogens (tertiary/aromatic N) is 1. The second-order valence-electron chi connectivity index (χ2n) is 4.56. The summed E-state index contributed by atoms with van der Waals surface area (Å²) in [7, 11) is -3.48. The molecule has 0 aromatic heterocycles. The lowest BCUT2D eigenvalue weighted by Gasteiger charge is -2.32. The quantitative estimate of drug-likeness (QED) is 0.813. The first-order chi connectivity index (χ1) is 8.43. The fourth-order valence-electron chi connectivity index (χ4n) is 1.98. The molecule has 0 saturated carbocycles. The Bertz CT molecular complexity index is 542. The zero-order valence-corrected chi connectivity index (χ0v) is 11.4. The van der Waals surface area contributed by atoms with Gasteiger partial charge in [-0.2, -0.15) is 4.31 Å². The normalized spacial score (nSPS) is 22.0. The molecule has 1 saturated heterocycles. The van der Waals surface area contributed by atoms with Crippen molar-refractivity contribution in [1.82, 2.24) is 4.31 Å². The molecule has 0 spiro atoms. The average molecular weight is 270 g/mol. The highest BCUT2D eigenvalue weighted by Crippen LogP contribution is 2.23. The zero-order valence-electron chi connectivity index (χ0n) is 10.6. The van der Waals surface area contributed by atoms with Gasteiger partial charge in [-0.05, 0) is 31.5 Å². The van der Waals surface area contributed by atoms with Crippen LogP contribution >= 0.6 is 0 Å². The maximum absolute atomic E-state index is 12.5. The van der Waals surface area contributed by atoms with Crippen LogP contribution in [0.4, 0.5) is 5.69 Å². The summed E-state index contributed by atoms with van der Waals surface area (Å²) in [5.74, 6) is 0. The van der Waals surface area contributed by atoms with E-state index < -0.39 is 10.0 Å². The number of hydrogen-bond donors (Lipinski definition) is 1. The molecule has 2 N–H and O–H groups in total. The Morgan fingerprint density at radius 1 is 1.44 bits per heavy atom. The molecule has 1 fully saturated rings. The van der Waals surface area contributed by atoms with Gasteiger partial charge in [0.2, 0.25) is 10.0 Å². The second-order valence-corrected chi connectivity index (χ2v) is 6.45. The number of sulfonamides is 1. The summed E-state index contributed by atoms with van der Waals surface area (Å²) in [6.45, 7) is 4.94. The van der Waals surface area contributed by atoms with Crippen molar-refractivity contribution in [3.05, 3.63) is 23.8 Å². The fourth-order valence-corrected chi connectivity index (χ4v) is 3.62. The van der Waals surface area contributed by atoms with E-state index in [9.17, 15) is 8.42 Å². The molecule has 0 radical (unpaired) electrons. The number of ether oxygens (including phenoxy) is 1. The minimum atomic E-state index is -3.48.